The second-order valence-electron chi connectivity index (χ2n) is 2.78. The Bertz CT molecular complexity index is 305. The largest absolute Gasteiger partial charge is 0.265 e. The van der Waals surface area contributed by atoms with Crippen molar-refractivity contribution in [1.82, 2.24) is 15.2 Å². The van der Waals surface area contributed by atoms with Crippen LogP contribution in [0.25, 0.3) is 0 Å². The van der Waals surface area contributed by atoms with Gasteiger partial charge in [-0.25, -0.2) is 4.98 Å². The van der Waals surface area contributed by atoms with Crippen molar-refractivity contribution in [2.24, 2.45) is 0 Å². The Morgan fingerprint density at radius 3 is 2.83 bits per heavy atom. The highest BCUT2D eigenvalue weighted by Crippen LogP contribution is 2.01. The van der Waals surface area contributed by atoms with Gasteiger partial charge < -0.3 is 0 Å². The maximum absolute atomic E-state index is 5.06. The van der Waals surface area contributed by atoms with Crippen LogP contribution in [-0.4, -0.2) is 15.2 Å². The average Bonchev–Trinajstić information content (AvgIpc) is 2.03. The van der Waals surface area contributed by atoms with Crippen molar-refractivity contribution in [3.05, 3.63) is 16.2 Å². The molecule has 1 heterocycles. The molecule has 0 spiro atoms. The zero-order valence-electron chi connectivity index (χ0n) is 7.42. The molecule has 0 saturated heterocycles. The van der Waals surface area contributed by atoms with Crippen LogP contribution in [-0.2, 0) is 6.42 Å². The molecule has 1 N–H and O–H groups in total. The molecule has 66 valence electrons. The topological polar surface area (TPSA) is 41.6 Å². The number of rotatable bonds is 3. The van der Waals surface area contributed by atoms with Crippen molar-refractivity contribution >= 4 is 12.2 Å². The van der Waals surface area contributed by atoms with E-state index in [0.717, 1.165) is 30.8 Å². The number of H-pyrrole nitrogens is 1. The number of hydrogen-bond donors (Lipinski definition) is 1. The Labute approximate surface area is 77.2 Å². The Morgan fingerprint density at radius 1 is 1.50 bits per heavy atom. The predicted molar refractivity (Wildman–Crippen MR) is 50.6 cm³/mol. The molecular formula is C8H13N3S. The number of aryl methyl sites for hydroxylation is 2. The number of aromatic nitrogens is 3. The highest BCUT2D eigenvalue weighted by atomic mass is 32.1. The first-order valence-corrected chi connectivity index (χ1v) is 4.57. The first-order valence-electron chi connectivity index (χ1n) is 4.16. The lowest BCUT2D eigenvalue weighted by molar-refractivity contribution is 0.737. The van der Waals surface area contributed by atoms with E-state index >= 15 is 0 Å². The van der Waals surface area contributed by atoms with Crippen molar-refractivity contribution in [1.29, 1.82) is 0 Å². The summed E-state index contributed by atoms with van der Waals surface area (Å²) in [5.41, 5.74) is 0.914. The molecule has 4 heteroatoms. The van der Waals surface area contributed by atoms with Crippen LogP contribution in [0.4, 0.5) is 0 Å². The van der Waals surface area contributed by atoms with E-state index in [1.807, 2.05) is 6.92 Å². The lowest BCUT2D eigenvalue weighted by Crippen LogP contribution is -1.99. The summed E-state index contributed by atoms with van der Waals surface area (Å²) in [6.45, 7) is 4.00. The van der Waals surface area contributed by atoms with Gasteiger partial charge in [0.2, 0.25) is 0 Å². The Kier molecular flexibility index (Phi) is 3.34. The Balaban J connectivity index is 2.80. The molecule has 0 aliphatic heterocycles. The monoisotopic (exact) mass is 183 g/mol. The first-order chi connectivity index (χ1) is 5.74. The van der Waals surface area contributed by atoms with Gasteiger partial charge >= 0.3 is 0 Å². The first kappa shape index (κ1) is 9.32. The average molecular weight is 183 g/mol. The van der Waals surface area contributed by atoms with Gasteiger partial charge in [-0.1, -0.05) is 25.6 Å². The van der Waals surface area contributed by atoms with E-state index in [9.17, 15) is 0 Å². The minimum atomic E-state index is 0.639. The standard InChI is InChI=1S/C8H13N3S/c1-3-4-5-7-8(12)9-6(2)10-11-7/h3-5H2,1-2H3,(H,9,10,12). The van der Waals surface area contributed by atoms with E-state index < -0.39 is 0 Å². The molecule has 0 aliphatic carbocycles. The van der Waals surface area contributed by atoms with E-state index in [-0.39, 0.29) is 0 Å². The van der Waals surface area contributed by atoms with E-state index in [2.05, 4.69) is 22.1 Å². The van der Waals surface area contributed by atoms with Crippen molar-refractivity contribution < 1.29 is 0 Å². The number of nitrogens with one attached hydrogen (secondary N) is 1. The number of nitrogens with zero attached hydrogens (tertiary/aromatic N) is 2. The third-order valence-electron chi connectivity index (χ3n) is 1.64. The normalized spacial score (nSPS) is 10.2. The molecule has 1 rings (SSSR count). The smallest absolute Gasteiger partial charge is 0.151 e. The fourth-order valence-corrected chi connectivity index (χ4v) is 1.23. The maximum atomic E-state index is 5.06. The van der Waals surface area contributed by atoms with Crippen LogP contribution < -0.4 is 0 Å². The van der Waals surface area contributed by atoms with Crippen molar-refractivity contribution in [3.63, 3.8) is 0 Å². The van der Waals surface area contributed by atoms with Crippen LogP contribution in [0.5, 0.6) is 0 Å². The highest BCUT2D eigenvalue weighted by molar-refractivity contribution is 7.71. The molecule has 12 heavy (non-hydrogen) atoms. The summed E-state index contributed by atoms with van der Waals surface area (Å²) >= 11 is 5.06. The molecule has 1 aromatic rings. The minimum Gasteiger partial charge on any atom is -0.265 e. The SMILES string of the molecule is CCCCc1n[nH]c(C)nc1=S. The van der Waals surface area contributed by atoms with Crippen LogP contribution in [0.3, 0.4) is 0 Å². The molecule has 0 bridgehead atoms. The van der Waals surface area contributed by atoms with E-state index in [4.69, 9.17) is 12.2 Å². The molecule has 0 unspecified atom stereocenters. The number of hydrogen-bond acceptors (Lipinski definition) is 3. The van der Waals surface area contributed by atoms with Crippen LogP contribution >= 0.6 is 12.2 Å². The third-order valence-corrected chi connectivity index (χ3v) is 1.96. The fourth-order valence-electron chi connectivity index (χ4n) is 0.945. The number of unbranched alkanes of at least 4 members (excludes halogenated alkanes) is 1. The van der Waals surface area contributed by atoms with Crippen molar-refractivity contribution in [3.8, 4) is 0 Å². The third kappa shape index (κ3) is 2.37. The zero-order chi connectivity index (χ0) is 8.97. The van der Waals surface area contributed by atoms with Gasteiger partial charge in [0, 0.05) is 0 Å². The molecule has 0 amide bonds. The summed E-state index contributed by atoms with van der Waals surface area (Å²) in [5, 5.41) is 6.95. The van der Waals surface area contributed by atoms with Gasteiger partial charge in [0.15, 0.2) is 4.64 Å². The minimum absolute atomic E-state index is 0.639. The summed E-state index contributed by atoms with van der Waals surface area (Å²) < 4.78 is 0.639. The van der Waals surface area contributed by atoms with Gasteiger partial charge in [0.05, 0.1) is 5.69 Å². The molecule has 0 atom stereocenters. The summed E-state index contributed by atoms with van der Waals surface area (Å²) in [4.78, 5) is 4.12. The van der Waals surface area contributed by atoms with Gasteiger partial charge in [-0.05, 0) is 19.8 Å². The zero-order valence-corrected chi connectivity index (χ0v) is 8.24. The van der Waals surface area contributed by atoms with E-state index in [1.54, 1.807) is 0 Å². The fraction of sp³-hybridized carbons (Fsp3) is 0.625. The summed E-state index contributed by atoms with van der Waals surface area (Å²) in [6, 6.07) is 0. The van der Waals surface area contributed by atoms with Crippen LogP contribution in [0.15, 0.2) is 0 Å². The quantitative estimate of drug-likeness (QED) is 0.730. The van der Waals surface area contributed by atoms with Gasteiger partial charge in [-0.2, -0.15) is 5.10 Å². The van der Waals surface area contributed by atoms with Crippen molar-refractivity contribution in [2.45, 2.75) is 33.1 Å². The molecule has 0 fully saturated rings. The van der Waals surface area contributed by atoms with E-state index in [0.29, 0.717) is 4.64 Å². The highest BCUT2D eigenvalue weighted by Gasteiger charge is 1.97. The maximum Gasteiger partial charge on any atom is 0.151 e. The molecule has 0 saturated carbocycles. The second-order valence-corrected chi connectivity index (χ2v) is 3.16. The van der Waals surface area contributed by atoms with Gasteiger partial charge in [-0.15, -0.1) is 0 Å². The van der Waals surface area contributed by atoms with E-state index in [1.165, 1.54) is 0 Å². The Morgan fingerprint density at radius 2 is 2.25 bits per heavy atom. The molecule has 0 aliphatic rings. The van der Waals surface area contributed by atoms with Crippen LogP contribution in [0.1, 0.15) is 31.3 Å². The lowest BCUT2D eigenvalue weighted by atomic mass is 10.2. The summed E-state index contributed by atoms with van der Waals surface area (Å²) in [7, 11) is 0. The van der Waals surface area contributed by atoms with Gasteiger partial charge in [-0.3, -0.25) is 5.10 Å². The predicted octanol–water partition coefficient (Wildman–Crippen LogP) is 2.19. The van der Waals surface area contributed by atoms with Gasteiger partial charge in [0.25, 0.3) is 0 Å². The molecular weight excluding hydrogens is 170 g/mol. The van der Waals surface area contributed by atoms with Crippen LogP contribution in [0.2, 0.25) is 0 Å². The molecule has 1 aromatic heterocycles. The van der Waals surface area contributed by atoms with Gasteiger partial charge in [0.1, 0.15) is 5.82 Å². The second kappa shape index (κ2) is 4.30. The number of aromatic amines is 1. The molecule has 3 nitrogen and oxygen atoms in total. The van der Waals surface area contributed by atoms with Crippen LogP contribution in [0, 0.1) is 11.6 Å². The molecule has 0 aromatic carbocycles. The van der Waals surface area contributed by atoms with Crippen molar-refractivity contribution in [2.75, 3.05) is 0 Å². The Hall–Kier alpha value is -0.770. The summed E-state index contributed by atoms with van der Waals surface area (Å²) in [5.74, 6) is 0.778. The lowest BCUT2D eigenvalue weighted by Gasteiger charge is -1.98. The molecule has 0 radical (unpaired) electrons. The summed E-state index contributed by atoms with van der Waals surface area (Å²) in [6.07, 6.45) is 3.21.